The predicted octanol–water partition coefficient (Wildman–Crippen LogP) is 4.57. The number of nitrogens with zero attached hydrogens (tertiary/aromatic N) is 1. The van der Waals surface area contributed by atoms with E-state index in [4.69, 9.17) is 15.2 Å². The Hall–Kier alpha value is -3.54. The Bertz CT molecular complexity index is 959. The molecule has 0 saturated heterocycles. The largest absolute Gasteiger partial charge is 0.490 e. The molecule has 0 bridgehead atoms. The second-order valence-corrected chi connectivity index (χ2v) is 6.52. The maximum absolute atomic E-state index is 12.3. The van der Waals surface area contributed by atoms with E-state index >= 15 is 0 Å². The highest BCUT2D eigenvalue weighted by Crippen LogP contribution is 2.31. The number of anilines is 1. The van der Waals surface area contributed by atoms with Crippen molar-refractivity contribution in [3.8, 4) is 17.2 Å². The number of para-hydroxylation sites is 2. The quantitative estimate of drug-likeness (QED) is 0.522. The number of aromatic nitrogens is 1. The summed E-state index contributed by atoms with van der Waals surface area (Å²) in [5.41, 5.74) is 7.02. The van der Waals surface area contributed by atoms with Gasteiger partial charge in [-0.05, 0) is 48.4 Å². The number of rotatable bonds is 9. The average molecular weight is 391 g/mol. The molecule has 0 aliphatic heterocycles. The number of amides is 1. The third kappa shape index (κ3) is 5.72. The molecular formula is C23H25N3O3. The van der Waals surface area contributed by atoms with E-state index in [1.54, 1.807) is 18.3 Å². The van der Waals surface area contributed by atoms with E-state index in [1.807, 2.05) is 48.5 Å². The highest BCUT2D eigenvalue weighted by molar-refractivity contribution is 5.98. The van der Waals surface area contributed by atoms with E-state index < -0.39 is 0 Å². The molecule has 0 atom stereocenters. The lowest BCUT2D eigenvalue weighted by molar-refractivity contribution is 0.0951. The summed E-state index contributed by atoms with van der Waals surface area (Å²) in [5.74, 6) is 1.99. The van der Waals surface area contributed by atoms with Gasteiger partial charge in [0.25, 0.3) is 5.91 Å². The van der Waals surface area contributed by atoms with Gasteiger partial charge in [-0.25, -0.2) is 4.98 Å². The molecule has 0 fully saturated rings. The molecule has 1 amide bonds. The molecule has 150 valence electrons. The van der Waals surface area contributed by atoms with Crippen molar-refractivity contribution < 1.29 is 14.3 Å². The van der Waals surface area contributed by atoms with Gasteiger partial charge in [-0.15, -0.1) is 0 Å². The van der Waals surface area contributed by atoms with Crippen LogP contribution in [0.25, 0.3) is 0 Å². The van der Waals surface area contributed by atoms with Crippen LogP contribution in [0.15, 0.2) is 66.9 Å². The lowest BCUT2D eigenvalue weighted by Crippen LogP contribution is -2.24. The van der Waals surface area contributed by atoms with Crippen molar-refractivity contribution in [2.45, 2.75) is 26.3 Å². The summed E-state index contributed by atoms with van der Waals surface area (Å²) < 4.78 is 11.8. The van der Waals surface area contributed by atoms with Gasteiger partial charge in [0.05, 0.1) is 12.2 Å². The van der Waals surface area contributed by atoms with Gasteiger partial charge in [0.15, 0.2) is 11.5 Å². The van der Waals surface area contributed by atoms with E-state index in [-0.39, 0.29) is 11.7 Å². The maximum Gasteiger partial charge on any atom is 0.255 e. The monoisotopic (exact) mass is 391 g/mol. The molecule has 3 aromatic rings. The molecule has 0 unspecified atom stereocenters. The highest BCUT2D eigenvalue weighted by Gasteiger charge is 2.10. The Kier molecular flexibility index (Phi) is 7.05. The molecule has 0 aliphatic rings. The molecule has 6 heteroatoms. The van der Waals surface area contributed by atoms with Crippen molar-refractivity contribution in [2.75, 3.05) is 12.3 Å². The molecule has 0 spiro atoms. The predicted molar refractivity (Wildman–Crippen MR) is 113 cm³/mol. The number of nitrogen functional groups attached to an aromatic ring is 1. The fraction of sp³-hybridized carbons (Fsp3) is 0.217. The summed E-state index contributed by atoms with van der Waals surface area (Å²) in [6.07, 6.45) is 3.61. The number of nitrogens with two attached hydrogens (primary N) is 1. The number of carbonyl (C=O) groups excluding carboxylic acids is 1. The van der Waals surface area contributed by atoms with Crippen LogP contribution in [0.2, 0.25) is 0 Å². The van der Waals surface area contributed by atoms with Crippen LogP contribution in [0, 0.1) is 0 Å². The number of ether oxygens (including phenoxy) is 2. The van der Waals surface area contributed by atoms with Gasteiger partial charge >= 0.3 is 0 Å². The van der Waals surface area contributed by atoms with Crippen LogP contribution in [0.4, 0.5) is 5.82 Å². The molecular weight excluding hydrogens is 366 g/mol. The summed E-state index contributed by atoms with van der Waals surface area (Å²) in [4.78, 5) is 16.2. The van der Waals surface area contributed by atoms with Crippen LogP contribution in [0.1, 0.15) is 35.7 Å². The first-order chi connectivity index (χ1) is 14.2. The van der Waals surface area contributed by atoms with Crippen LogP contribution in [-0.2, 0) is 6.54 Å². The summed E-state index contributed by atoms with van der Waals surface area (Å²) in [7, 11) is 0. The van der Waals surface area contributed by atoms with E-state index in [1.165, 1.54) is 0 Å². The second kappa shape index (κ2) is 10.1. The van der Waals surface area contributed by atoms with Crippen LogP contribution < -0.4 is 20.5 Å². The summed E-state index contributed by atoms with van der Waals surface area (Å²) >= 11 is 0. The van der Waals surface area contributed by atoms with Crippen LogP contribution in [0.5, 0.6) is 17.2 Å². The average Bonchev–Trinajstić information content (AvgIpc) is 2.74. The van der Waals surface area contributed by atoms with Crippen molar-refractivity contribution >= 4 is 11.7 Å². The molecule has 0 saturated carbocycles. The zero-order chi connectivity index (χ0) is 20.5. The minimum atomic E-state index is -0.267. The third-order valence-electron chi connectivity index (χ3n) is 4.27. The second-order valence-electron chi connectivity index (χ2n) is 6.52. The van der Waals surface area contributed by atoms with Gasteiger partial charge in [0.2, 0.25) is 0 Å². The van der Waals surface area contributed by atoms with E-state index in [2.05, 4.69) is 17.2 Å². The first-order valence-electron chi connectivity index (χ1n) is 9.64. The first-order valence-corrected chi connectivity index (χ1v) is 9.64. The lowest BCUT2D eigenvalue weighted by Gasteiger charge is -2.13. The third-order valence-corrected chi connectivity index (χ3v) is 4.27. The molecule has 3 N–H and O–H groups in total. The Morgan fingerprint density at radius 3 is 2.69 bits per heavy atom. The van der Waals surface area contributed by atoms with Crippen molar-refractivity contribution in [1.29, 1.82) is 0 Å². The van der Waals surface area contributed by atoms with Crippen molar-refractivity contribution in [1.82, 2.24) is 10.3 Å². The fourth-order valence-electron chi connectivity index (χ4n) is 2.71. The number of unbranched alkanes of at least 4 members (excludes halogenated alkanes) is 1. The molecule has 3 rings (SSSR count). The zero-order valence-corrected chi connectivity index (χ0v) is 16.4. The summed E-state index contributed by atoms with van der Waals surface area (Å²) in [5, 5.41) is 2.85. The molecule has 0 radical (unpaired) electrons. The van der Waals surface area contributed by atoms with Crippen LogP contribution in [0.3, 0.4) is 0 Å². The van der Waals surface area contributed by atoms with Gasteiger partial charge in [-0.2, -0.15) is 0 Å². The Morgan fingerprint density at radius 2 is 1.90 bits per heavy atom. The Labute approximate surface area is 170 Å². The number of nitrogens with one attached hydrogen (secondary N) is 1. The smallest absolute Gasteiger partial charge is 0.255 e. The number of hydrogen-bond donors (Lipinski definition) is 2. The molecule has 1 aromatic heterocycles. The molecule has 1 heterocycles. The van der Waals surface area contributed by atoms with Gasteiger partial charge in [0, 0.05) is 12.7 Å². The van der Waals surface area contributed by atoms with Crippen LogP contribution in [-0.4, -0.2) is 17.5 Å². The van der Waals surface area contributed by atoms with Crippen molar-refractivity contribution in [2.24, 2.45) is 0 Å². The van der Waals surface area contributed by atoms with Crippen molar-refractivity contribution in [3.05, 3.63) is 78.0 Å². The van der Waals surface area contributed by atoms with Gasteiger partial charge < -0.3 is 20.5 Å². The summed E-state index contributed by atoms with van der Waals surface area (Å²) in [6, 6.07) is 18.5. The SMILES string of the molecule is CCCCOc1ccccc1Oc1cccc(CNC(=O)c2cccnc2N)c1. The van der Waals surface area contributed by atoms with Crippen molar-refractivity contribution in [3.63, 3.8) is 0 Å². The van der Waals surface area contributed by atoms with Gasteiger partial charge in [-0.1, -0.05) is 37.6 Å². The van der Waals surface area contributed by atoms with Crippen LogP contribution >= 0.6 is 0 Å². The topological polar surface area (TPSA) is 86.5 Å². The fourth-order valence-corrected chi connectivity index (χ4v) is 2.71. The van der Waals surface area contributed by atoms with E-state index in [0.29, 0.717) is 36.0 Å². The highest BCUT2D eigenvalue weighted by atomic mass is 16.5. The number of pyridine rings is 1. The number of benzene rings is 2. The summed E-state index contributed by atoms with van der Waals surface area (Å²) in [6.45, 7) is 3.12. The number of carbonyl (C=O) groups is 1. The van der Waals surface area contributed by atoms with Gasteiger partial charge in [-0.3, -0.25) is 4.79 Å². The molecule has 2 aromatic carbocycles. The minimum Gasteiger partial charge on any atom is -0.490 e. The normalized spacial score (nSPS) is 10.4. The molecule has 0 aliphatic carbocycles. The molecule has 29 heavy (non-hydrogen) atoms. The standard InChI is InChI=1S/C23H25N3O3/c1-2-3-14-28-20-11-4-5-12-21(20)29-18-9-6-8-17(15-18)16-26-23(27)19-10-7-13-25-22(19)24/h4-13,15H,2-3,14,16H2,1H3,(H2,24,25)(H,26,27). The first kappa shape index (κ1) is 20.2. The Morgan fingerprint density at radius 1 is 1.07 bits per heavy atom. The van der Waals surface area contributed by atoms with E-state index in [9.17, 15) is 4.79 Å². The zero-order valence-electron chi connectivity index (χ0n) is 16.4. The minimum absolute atomic E-state index is 0.210. The lowest BCUT2D eigenvalue weighted by atomic mass is 10.2. The Balaban J connectivity index is 1.64. The van der Waals surface area contributed by atoms with Gasteiger partial charge in [0.1, 0.15) is 11.6 Å². The maximum atomic E-state index is 12.3. The number of hydrogen-bond acceptors (Lipinski definition) is 5. The molecule has 6 nitrogen and oxygen atoms in total. The van der Waals surface area contributed by atoms with E-state index in [0.717, 1.165) is 18.4 Å².